The standard InChI is InChI=1S/C13H23N5O2/c1-4-11-12(18(19)20)13(16(3)15-11)17(5-2)9-10-7-6-8-14-10/h10,14H,4-9H2,1-3H3. The monoisotopic (exact) mass is 281 g/mol. The summed E-state index contributed by atoms with van der Waals surface area (Å²) in [7, 11) is 1.78. The van der Waals surface area contributed by atoms with Crippen LogP contribution < -0.4 is 10.2 Å². The number of aromatic nitrogens is 2. The van der Waals surface area contributed by atoms with Crippen molar-refractivity contribution in [2.45, 2.75) is 39.2 Å². The van der Waals surface area contributed by atoms with Crippen molar-refractivity contribution in [1.29, 1.82) is 0 Å². The Kier molecular flexibility index (Phi) is 4.59. The van der Waals surface area contributed by atoms with Gasteiger partial charge in [0.15, 0.2) is 0 Å². The Morgan fingerprint density at radius 1 is 1.55 bits per heavy atom. The lowest BCUT2D eigenvalue weighted by Crippen LogP contribution is -2.38. The van der Waals surface area contributed by atoms with E-state index in [-0.39, 0.29) is 10.6 Å². The van der Waals surface area contributed by atoms with Gasteiger partial charge in [-0.2, -0.15) is 5.10 Å². The van der Waals surface area contributed by atoms with Crippen LogP contribution in [-0.2, 0) is 13.5 Å². The van der Waals surface area contributed by atoms with E-state index in [4.69, 9.17) is 0 Å². The minimum atomic E-state index is -0.300. The Morgan fingerprint density at radius 3 is 2.80 bits per heavy atom. The predicted molar refractivity (Wildman–Crippen MR) is 78.2 cm³/mol. The molecule has 112 valence electrons. The molecular formula is C13H23N5O2. The summed E-state index contributed by atoms with van der Waals surface area (Å²) in [5, 5.41) is 19.1. The Morgan fingerprint density at radius 2 is 2.30 bits per heavy atom. The first-order valence-electron chi connectivity index (χ1n) is 7.27. The van der Waals surface area contributed by atoms with Gasteiger partial charge in [0, 0.05) is 26.2 Å². The van der Waals surface area contributed by atoms with E-state index >= 15 is 0 Å². The van der Waals surface area contributed by atoms with E-state index in [0.29, 0.717) is 24.0 Å². The molecule has 1 fully saturated rings. The van der Waals surface area contributed by atoms with Crippen molar-refractivity contribution in [3.05, 3.63) is 15.8 Å². The van der Waals surface area contributed by atoms with E-state index in [9.17, 15) is 10.1 Å². The van der Waals surface area contributed by atoms with Gasteiger partial charge in [0.2, 0.25) is 5.82 Å². The molecule has 1 aliphatic heterocycles. The molecule has 2 heterocycles. The minimum Gasteiger partial charge on any atom is -0.350 e. The largest absolute Gasteiger partial charge is 0.350 e. The van der Waals surface area contributed by atoms with Crippen molar-refractivity contribution in [3.63, 3.8) is 0 Å². The average Bonchev–Trinajstić information content (AvgIpc) is 3.03. The molecule has 0 aliphatic carbocycles. The summed E-state index contributed by atoms with van der Waals surface area (Å²) in [6.45, 7) is 6.49. The second kappa shape index (κ2) is 6.21. The molecule has 1 N–H and O–H groups in total. The molecule has 0 bridgehead atoms. The Labute approximate surface area is 119 Å². The number of nitro groups is 1. The molecule has 7 nitrogen and oxygen atoms in total. The number of anilines is 1. The zero-order chi connectivity index (χ0) is 14.7. The fraction of sp³-hybridized carbons (Fsp3) is 0.769. The first kappa shape index (κ1) is 14.8. The van der Waals surface area contributed by atoms with Gasteiger partial charge in [-0.05, 0) is 32.7 Å². The van der Waals surface area contributed by atoms with Gasteiger partial charge in [0.05, 0.1) is 4.92 Å². The highest BCUT2D eigenvalue weighted by Crippen LogP contribution is 2.32. The lowest BCUT2D eigenvalue weighted by Gasteiger charge is -2.25. The molecule has 1 unspecified atom stereocenters. The van der Waals surface area contributed by atoms with Gasteiger partial charge >= 0.3 is 5.69 Å². The highest BCUT2D eigenvalue weighted by molar-refractivity contribution is 5.61. The fourth-order valence-electron chi connectivity index (χ4n) is 2.88. The topological polar surface area (TPSA) is 76.2 Å². The van der Waals surface area contributed by atoms with E-state index in [0.717, 1.165) is 26.1 Å². The molecule has 7 heteroatoms. The molecule has 0 saturated carbocycles. The molecule has 0 spiro atoms. The van der Waals surface area contributed by atoms with E-state index in [1.165, 1.54) is 6.42 Å². The smallest absolute Gasteiger partial charge is 0.334 e. The third kappa shape index (κ3) is 2.77. The van der Waals surface area contributed by atoms with Crippen molar-refractivity contribution in [3.8, 4) is 0 Å². The number of nitrogens with one attached hydrogen (secondary N) is 1. The van der Waals surface area contributed by atoms with Crippen molar-refractivity contribution < 1.29 is 4.92 Å². The third-order valence-electron chi connectivity index (χ3n) is 3.86. The van der Waals surface area contributed by atoms with Gasteiger partial charge < -0.3 is 10.2 Å². The summed E-state index contributed by atoms with van der Waals surface area (Å²) in [4.78, 5) is 13.1. The molecule has 2 rings (SSSR count). The van der Waals surface area contributed by atoms with Crippen LogP contribution in [0.25, 0.3) is 0 Å². The van der Waals surface area contributed by atoms with Crippen LogP contribution in [0.2, 0.25) is 0 Å². The Balaban J connectivity index is 2.32. The first-order valence-corrected chi connectivity index (χ1v) is 7.27. The van der Waals surface area contributed by atoms with Gasteiger partial charge in [-0.3, -0.25) is 10.1 Å². The lowest BCUT2D eigenvalue weighted by atomic mass is 10.2. The van der Waals surface area contributed by atoms with Gasteiger partial charge in [0.25, 0.3) is 0 Å². The van der Waals surface area contributed by atoms with E-state index in [1.807, 2.05) is 13.8 Å². The van der Waals surface area contributed by atoms with Crippen LogP contribution in [-0.4, -0.2) is 40.4 Å². The lowest BCUT2D eigenvalue weighted by molar-refractivity contribution is -0.384. The molecule has 0 radical (unpaired) electrons. The van der Waals surface area contributed by atoms with Crippen LogP contribution >= 0.6 is 0 Å². The maximum Gasteiger partial charge on any atom is 0.334 e. The minimum absolute atomic E-state index is 0.162. The van der Waals surface area contributed by atoms with E-state index in [1.54, 1.807) is 11.7 Å². The zero-order valence-electron chi connectivity index (χ0n) is 12.4. The van der Waals surface area contributed by atoms with Crippen LogP contribution in [0.4, 0.5) is 11.5 Å². The highest BCUT2D eigenvalue weighted by Gasteiger charge is 2.30. The molecule has 1 atom stereocenters. The molecule has 20 heavy (non-hydrogen) atoms. The fourth-order valence-corrected chi connectivity index (χ4v) is 2.88. The SMILES string of the molecule is CCc1nn(C)c(N(CC)CC2CCCN2)c1[N+](=O)[O-]. The number of hydrogen-bond donors (Lipinski definition) is 1. The van der Waals surface area contributed by atoms with Crippen molar-refractivity contribution in [2.75, 3.05) is 24.5 Å². The summed E-state index contributed by atoms with van der Waals surface area (Å²) in [5.41, 5.74) is 0.722. The van der Waals surface area contributed by atoms with E-state index < -0.39 is 0 Å². The van der Waals surface area contributed by atoms with Crippen molar-refractivity contribution in [1.82, 2.24) is 15.1 Å². The zero-order valence-corrected chi connectivity index (χ0v) is 12.4. The molecule has 0 amide bonds. The molecule has 1 aromatic heterocycles. The van der Waals surface area contributed by atoms with Crippen LogP contribution in [0.1, 0.15) is 32.4 Å². The van der Waals surface area contributed by atoms with Crippen LogP contribution in [0.3, 0.4) is 0 Å². The van der Waals surface area contributed by atoms with Gasteiger partial charge in [0.1, 0.15) is 5.69 Å². The van der Waals surface area contributed by atoms with Gasteiger partial charge in [-0.15, -0.1) is 0 Å². The first-order chi connectivity index (χ1) is 9.58. The molecule has 1 aliphatic rings. The normalized spacial score (nSPS) is 18.4. The predicted octanol–water partition coefficient (Wildman–Crippen LogP) is 1.47. The third-order valence-corrected chi connectivity index (χ3v) is 3.86. The molecular weight excluding hydrogens is 258 g/mol. The molecule has 0 aromatic carbocycles. The van der Waals surface area contributed by atoms with Crippen LogP contribution in [0.5, 0.6) is 0 Å². The summed E-state index contributed by atoms with van der Waals surface area (Å²) in [5.74, 6) is 0.628. The summed E-state index contributed by atoms with van der Waals surface area (Å²) < 4.78 is 1.65. The quantitative estimate of drug-likeness (QED) is 0.631. The molecule has 1 saturated heterocycles. The van der Waals surface area contributed by atoms with Gasteiger partial charge in [-0.25, -0.2) is 4.68 Å². The maximum atomic E-state index is 11.4. The van der Waals surface area contributed by atoms with E-state index in [2.05, 4.69) is 15.3 Å². The van der Waals surface area contributed by atoms with Crippen LogP contribution in [0, 0.1) is 10.1 Å². The van der Waals surface area contributed by atoms with Crippen LogP contribution in [0.15, 0.2) is 0 Å². The number of hydrogen-bond acceptors (Lipinski definition) is 5. The summed E-state index contributed by atoms with van der Waals surface area (Å²) in [6, 6.07) is 0.412. The highest BCUT2D eigenvalue weighted by atomic mass is 16.6. The summed E-state index contributed by atoms with van der Waals surface area (Å²) in [6.07, 6.45) is 2.88. The Bertz CT molecular complexity index is 479. The summed E-state index contributed by atoms with van der Waals surface area (Å²) >= 11 is 0. The number of aryl methyl sites for hydroxylation is 2. The second-order valence-electron chi connectivity index (χ2n) is 5.19. The second-order valence-corrected chi connectivity index (χ2v) is 5.19. The number of nitrogens with zero attached hydrogens (tertiary/aromatic N) is 4. The average molecular weight is 281 g/mol. The van der Waals surface area contributed by atoms with Crippen molar-refractivity contribution in [2.24, 2.45) is 7.05 Å². The molecule has 1 aromatic rings. The number of rotatable bonds is 6. The Hall–Kier alpha value is -1.63. The maximum absolute atomic E-state index is 11.4. The number of likely N-dealkylation sites (N-methyl/N-ethyl adjacent to an activating group) is 1. The van der Waals surface area contributed by atoms with Gasteiger partial charge in [-0.1, -0.05) is 6.92 Å². The van der Waals surface area contributed by atoms with Crippen molar-refractivity contribution >= 4 is 11.5 Å².